The lowest BCUT2D eigenvalue weighted by atomic mass is 10.0. The Kier molecular flexibility index (Phi) is 4.27. The predicted molar refractivity (Wildman–Crippen MR) is 83.0 cm³/mol. The molecule has 3 nitrogen and oxygen atoms in total. The Labute approximate surface area is 122 Å². The molecule has 3 rings (SSSR count). The van der Waals surface area contributed by atoms with Gasteiger partial charge in [-0.15, -0.1) is 0 Å². The Morgan fingerprint density at radius 1 is 1.10 bits per heavy atom. The maximum Gasteiger partial charge on any atom is 0.0436 e. The van der Waals surface area contributed by atoms with Gasteiger partial charge in [0.05, 0.1) is 0 Å². The summed E-state index contributed by atoms with van der Waals surface area (Å²) < 4.78 is 0. The molecule has 0 atom stereocenters. The first-order chi connectivity index (χ1) is 9.81. The quantitative estimate of drug-likeness (QED) is 0.802. The van der Waals surface area contributed by atoms with E-state index in [2.05, 4.69) is 34.5 Å². The molecule has 0 amide bonds. The van der Waals surface area contributed by atoms with Crippen LogP contribution in [0, 0.1) is 5.41 Å². The van der Waals surface area contributed by atoms with Gasteiger partial charge in [0.1, 0.15) is 0 Å². The molecule has 3 heteroatoms. The van der Waals surface area contributed by atoms with E-state index in [1.165, 1.54) is 50.0 Å². The summed E-state index contributed by atoms with van der Waals surface area (Å²) in [7, 11) is 0. The fourth-order valence-electron chi connectivity index (χ4n) is 3.20. The second kappa shape index (κ2) is 6.15. The van der Waals surface area contributed by atoms with Gasteiger partial charge in [-0.25, -0.2) is 0 Å². The van der Waals surface area contributed by atoms with Crippen LogP contribution in [0.3, 0.4) is 0 Å². The van der Waals surface area contributed by atoms with Gasteiger partial charge in [0.25, 0.3) is 0 Å². The lowest BCUT2D eigenvalue weighted by Gasteiger charge is -2.18. The number of benzene rings is 1. The van der Waals surface area contributed by atoms with Crippen molar-refractivity contribution in [2.24, 2.45) is 5.41 Å². The minimum absolute atomic E-state index is 0.326. The summed E-state index contributed by atoms with van der Waals surface area (Å²) in [6.45, 7) is 4.73. The van der Waals surface area contributed by atoms with Gasteiger partial charge in [0.15, 0.2) is 0 Å². The van der Waals surface area contributed by atoms with Crippen LogP contribution in [0.5, 0.6) is 0 Å². The summed E-state index contributed by atoms with van der Waals surface area (Å²) in [5.74, 6) is 0. The van der Waals surface area contributed by atoms with E-state index >= 15 is 0 Å². The van der Waals surface area contributed by atoms with Crippen LogP contribution in [-0.2, 0) is 6.54 Å². The molecule has 110 valence electrons. The molecule has 1 aromatic carbocycles. The molecule has 1 heterocycles. The molecular formula is C17H26N2O. The highest BCUT2D eigenvalue weighted by Crippen LogP contribution is 2.47. The molecule has 1 saturated heterocycles. The average molecular weight is 274 g/mol. The van der Waals surface area contributed by atoms with Crippen molar-refractivity contribution >= 4 is 5.69 Å². The van der Waals surface area contributed by atoms with Crippen LogP contribution in [0.25, 0.3) is 0 Å². The largest absolute Gasteiger partial charge is 0.396 e. The third-order valence-corrected chi connectivity index (χ3v) is 4.84. The molecule has 0 spiro atoms. The highest BCUT2D eigenvalue weighted by Gasteiger charge is 2.41. The third kappa shape index (κ3) is 3.33. The first-order valence-corrected chi connectivity index (χ1v) is 7.97. The predicted octanol–water partition coefficient (Wildman–Crippen LogP) is 2.54. The van der Waals surface area contributed by atoms with Crippen molar-refractivity contribution in [3.63, 3.8) is 0 Å². The Hall–Kier alpha value is -1.06. The zero-order chi connectivity index (χ0) is 13.8. The lowest BCUT2D eigenvalue weighted by molar-refractivity contribution is 0.245. The number of hydrogen-bond donors (Lipinski definition) is 2. The van der Waals surface area contributed by atoms with Gasteiger partial charge in [-0.05, 0) is 55.2 Å². The molecule has 2 fully saturated rings. The molecule has 2 N–H and O–H groups in total. The van der Waals surface area contributed by atoms with E-state index < -0.39 is 0 Å². The monoisotopic (exact) mass is 274 g/mol. The molecule has 0 unspecified atom stereocenters. The topological polar surface area (TPSA) is 35.5 Å². The fraction of sp³-hybridized carbons (Fsp3) is 0.647. The molecular weight excluding hydrogens is 248 g/mol. The van der Waals surface area contributed by atoms with E-state index in [0.29, 0.717) is 12.0 Å². The van der Waals surface area contributed by atoms with Crippen LogP contribution >= 0.6 is 0 Å². The third-order valence-electron chi connectivity index (χ3n) is 4.84. The van der Waals surface area contributed by atoms with Gasteiger partial charge >= 0.3 is 0 Å². The van der Waals surface area contributed by atoms with Gasteiger partial charge in [0.2, 0.25) is 0 Å². The summed E-state index contributed by atoms with van der Waals surface area (Å²) in [5, 5.41) is 12.6. The van der Waals surface area contributed by atoms with Crippen LogP contribution in [0.15, 0.2) is 24.3 Å². The molecule has 1 aliphatic heterocycles. The summed E-state index contributed by atoms with van der Waals surface area (Å²) in [4.78, 5) is 2.47. The van der Waals surface area contributed by atoms with E-state index in [1.807, 2.05) is 0 Å². The molecule has 20 heavy (non-hydrogen) atoms. The normalized spacial score (nSPS) is 20.4. The van der Waals surface area contributed by atoms with Gasteiger partial charge in [-0.3, -0.25) is 0 Å². The van der Waals surface area contributed by atoms with Crippen molar-refractivity contribution in [1.82, 2.24) is 5.32 Å². The number of hydrogen-bond acceptors (Lipinski definition) is 3. The van der Waals surface area contributed by atoms with Crippen LogP contribution in [0.1, 0.15) is 37.7 Å². The van der Waals surface area contributed by atoms with Gasteiger partial charge in [-0.2, -0.15) is 0 Å². The van der Waals surface area contributed by atoms with E-state index in [0.717, 1.165) is 19.5 Å². The fourth-order valence-corrected chi connectivity index (χ4v) is 3.20. The van der Waals surface area contributed by atoms with Crippen molar-refractivity contribution in [1.29, 1.82) is 0 Å². The van der Waals surface area contributed by atoms with Crippen LogP contribution in [0.2, 0.25) is 0 Å². The van der Waals surface area contributed by atoms with Crippen molar-refractivity contribution in [3.05, 3.63) is 29.8 Å². The molecule has 1 aromatic rings. The average Bonchev–Trinajstić information content (AvgIpc) is 3.02. The lowest BCUT2D eigenvalue weighted by Crippen LogP contribution is -2.24. The minimum atomic E-state index is 0.326. The summed E-state index contributed by atoms with van der Waals surface area (Å²) in [6.07, 6.45) is 6.16. The first-order valence-electron chi connectivity index (χ1n) is 7.97. The number of nitrogens with one attached hydrogen (secondary N) is 1. The van der Waals surface area contributed by atoms with Crippen LogP contribution < -0.4 is 10.2 Å². The zero-order valence-corrected chi connectivity index (χ0v) is 12.3. The van der Waals surface area contributed by atoms with Crippen molar-refractivity contribution in [2.75, 3.05) is 31.1 Å². The van der Waals surface area contributed by atoms with Gasteiger partial charge < -0.3 is 15.3 Å². The Balaban J connectivity index is 1.46. The maximum absolute atomic E-state index is 9.06. The van der Waals surface area contributed by atoms with Gasteiger partial charge in [0, 0.05) is 38.5 Å². The van der Waals surface area contributed by atoms with E-state index in [4.69, 9.17) is 5.11 Å². The highest BCUT2D eigenvalue weighted by atomic mass is 16.3. The Morgan fingerprint density at radius 3 is 2.40 bits per heavy atom. The minimum Gasteiger partial charge on any atom is -0.396 e. The van der Waals surface area contributed by atoms with Crippen molar-refractivity contribution in [2.45, 2.75) is 38.6 Å². The molecule has 1 aliphatic carbocycles. The standard InChI is InChI=1S/C17H26N2O/c20-12-9-17(7-8-17)14-18-13-15-3-5-16(6-4-15)19-10-1-2-11-19/h3-6,18,20H,1-2,7-14H2. The number of aliphatic hydroxyl groups excluding tert-OH is 1. The second-order valence-electron chi connectivity index (χ2n) is 6.44. The zero-order valence-electron chi connectivity index (χ0n) is 12.3. The van der Waals surface area contributed by atoms with E-state index in [-0.39, 0.29) is 0 Å². The van der Waals surface area contributed by atoms with Crippen LogP contribution in [-0.4, -0.2) is 31.3 Å². The summed E-state index contributed by atoms with van der Waals surface area (Å²) in [6, 6.07) is 8.99. The first kappa shape index (κ1) is 13.9. The molecule has 2 aliphatic rings. The summed E-state index contributed by atoms with van der Waals surface area (Å²) in [5.41, 5.74) is 3.13. The SMILES string of the molecule is OCCC1(CNCc2ccc(N3CCCC3)cc2)CC1. The number of aliphatic hydroxyl groups is 1. The summed E-state index contributed by atoms with van der Waals surface area (Å²) >= 11 is 0. The number of anilines is 1. The highest BCUT2D eigenvalue weighted by molar-refractivity contribution is 5.48. The number of nitrogens with zero attached hydrogens (tertiary/aromatic N) is 1. The maximum atomic E-state index is 9.06. The van der Waals surface area contributed by atoms with Crippen LogP contribution in [0.4, 0.5) is 5.69 Å². The molecule has 0 aromatic heterocycles. The second-order valence-corrected chi connectivity index (χ2v) is 6.44. The van der Waals surface area contributed by atoms with Crippen molar-refractivity contribution in [3.8, 4) is 0 Å². The molecule has 0 bridgehead atoms. The smallest absolute Gasteiger partial charge is 0.0436 e. The Bertz CT molecular complexity index is 419. The molecule has 0 radical (unpaired) electrons. The van der Waals surface area contributed by atoms with E-state index in [9.17, 15) is 0 Å². The number of rotatable bonds is 7. The van der Waals surface area contributed by atoms with Crippen molar-refractivity contribution < 1.29 is 5.11 Å². The molecule has 1 saturated carbocycles. The Morgan fingerprint density at radius 2 is 1.80 bits per heavy atom. The van der Waals surface area contributed by atoms with Gasteiger partial charge in [-0.1, -0.05) is 12.1 Å². The van der Waals surface area contributed by atoms with E-state index in [1.54, 1.807) is 0 Å².